The van der Waals surface area contributed by atoms with Gasteiger partial charge in [-0.1, -0.05) is 132 Å². The van der Waals surface area contributed by atoms with Gasteiger partial charge in [-0.2, -0.15) is 0 Å². The number of rotatable bonds is 32. The van der Waals surface area contributed by atoms with Crippen LogP contribution in [0.1, 0.15) is 155 Å². The monoisotopic (exact) mass is 641 g/mol. The van der Waals surface area contributed by atoms with Crippen molar-refractivity contribution >= 4 is 11.9 Å². The zero-order chi connectivity index (χ0) is 33.6. The molecule has 0 radical (unpaired) electrons. The number of aliphatic hydroxyl groups excluding tert-OH is 1. The molecule has 0 saturated heterocycles. The van der Waals surface area contributed by atoms with E-state index in [1.165, 1.54) is 70.6 Å². The second-order valence-corrected chi connectivity index (χ2v) is 11.9. The standard InChI is InChI=1S/C41H68O5/c1-3-5-7-9-11-13-15-17-19-20-22-23-25-27-29-31-33-35-40(43)45-38-39(37-42)46-41(44)36-34-32-30-28-26-24-21-18-16-14-12-10-8-6-4-2/h12,14,17-19,21-23,26-29,39,42H,3-11,13,15-16,20,24-25,30-38H2,1-2H3/b14-12-,19-17-,21-18-,23-22-,28-26-,29-27-/t39-/m0/s1. The molecule has 0 fully saturated rings. The summed E-state index contributed by atoms with van der Waals surface area (Å²) in [5.41, 5.74) is 0. The van der Waals surface area contributed by atoms with E-state index in [0.29, 0.717) is 19.3 Å². The molecule has 0 aliphatic carbocycles. The summed E-state index contributed by atoms with van der Waals surface area (Å²) in [6.07, 6.45) is 48.2. The van der Waals surface area contributed by atoms with Crippen LogP contribution in [-0.4, -0.2) is 36.4 Å². The zero-order valence-corrected chi connectivity index (χ0v) is 29.6. The molecule has 0 amide bonds. The van der Waals surface area contributed by atoms with Crippen LogP contribution in [0.3, 0.4) is 0 Å². The Morgan fingerprint density at radius 3 is 1.41 bits per heavy atom. The maximum atomic E-state index is 12.1. The zero-order valence-electron chi connectivity index (χ0n) is 29.6. The number of ether oxygens (including phenoxy) is 2. The largest absolute Gasteiger partial charge is 0.462 e. The van der Waals surface area contributed by atoms with Crippen LogP contribution in [-0.2, 0) is 19.1 Å². The van der Waals surface area contributed by atoms with Crippen LogP contribution in [0.2, 0.25) is 0 Å². The highest BCUT2D eigenvalue weighted by atomic mass is 16.6. The summed E-state index contributed by atoms with van der Waals surface area (Å²) in [5.74, 6) is -0.704. The van der Waals surface area contributed by atoms with Crippen LogP contribution in [0, 0.1) is 0 Å². The summed E-state index contributed by atoms with van der Waals surface area (Å²) in [6.45, 7) is 4.00. The molecule has 5 nitrogen and oxygen atoms in total. The highest BCUT2D eigenvalue weighted by molar-refractivity contribution is 5.70. The van der Waals surface area contributed by atoms with E-state index >= 15 is 0 Å². The number of unbranched alkanes of at least 4 members (excludes halogenated alkanes) is 12. The lowest BCUT2D eigenvalue weighted by atomic mass is 10.1. The second-order valence-electron chi connectivity index (χ2n) is 11.9. The molecule has 0 spiro atoms. The lowest BCUT2D eigenvalue weighted by Gasteiger charge is -2.15. The third kappa shape index (κ3) is 34.2. The molecular weight excluding hydrogens is 572 g/mol. The van der Waals surface area contributed by atoms with Crippen molar-refractivity contribution in [3.05, 3.63) is 72.9 Å². The van der Waals surface area contributed by atoms with E-state index in [-0.39, 0.29) is 25.2 Å². The van der Waals surface area contributed by atoms with Crippen LogP contribution in [0.4, 0.5) is 0 Å². The molecule has 0 saturated carbocycles. The van der Waals surface area contributed by atoms with Gasteiger partial charge in [0.05, 0.1) is 6.61 Å². The average Bonchev–Trinajstić information content (AvgIpc) is 3.06. The minimum absolute atomic E-state index is 0.111. The SMILES string of the molecule is CCCCC/C=C\C/C=C\C/C=C\CCCCC(=O)O[C@@H](CO)COC(=O)CCC/C=C\C/C=C\C/C=C\CCCCCCCC. The van der Waals surface area contributed by atoms with Crippen molar-refractivity contribution < 1.29 is 24.2 Å². The maximum Gasteiger partial charge on any atom is 0.306 e. The first-order valence-electron chi connectivity index (χ1n) is 18.5. The molecule has 0 rings (SSSR count). The Morgan fingerprint density at radius 2 is 0.891 bits per heavy atom. The fourth-order valence-electron chi connectivity index (χ4n) is 4.63. The quantitative estimate of drug-likeness (QED) is 0.0450. The Bertz CT molecular complexity index is 864. The van der Waals surface area contributed by atoms with Gasteiger partial charge in [0.2, 0.25) is 0 Å². The first-order valence-corrected chi connectivity index (χ1v) is 18.5. The van der Waals surface area contributed by atoms with Gasteiger partial charge in [-0.25, -0.2) is 0 Å². The molecule has 46 heavy (non-hydrogen) atoms. The number of allylic oxidation sites excluding steroid dienone is 12. The molecule has 1 atom stereocenters. The van der Waals surface area contributed by atoms with Gasteiger partial charge < -0.3 is 14.6 Å². The number of aliphatic hydroxyl groups is 1. The van der Waals surface area contributed by atoms with E-state index in [4.69, 9.17) is 9.47 Å². The molecule has 0 heterocycles. The molecule has 0 unspecified atom stereocenters. The Balaban J connectivity index is 3.75. The van der Waals surface area contributed by atoms with Gasteiger partial charge >= 0.3 is 11.9 Å². The number of esters is 2. The fraction of sp³-hybridized carbons (Fsp3) is 0.659. The molecule has 0 aliphatic heterocycles. The van der Waals surface area contributed by atoms with E-state index in [0.717, 1.165) is 51.4 Å². The number of hydrogen-bond acceptors (Lipinski definition) is 5. The molecule has 0 aromatic rings. The van der Waals surface area contributed by atoms with Crippen molar-refractivity contribution in [3.8, 4) is 0 Å². The van der Waals surface area contributed by atoms with Gasteiger partial charge in [-0.3, -0.25) is 9.59 Å². The van der Waals surface area contributed by atoms with Crippen LogP contribution in [0.25, 0.3) is 0 Å². The van der Waals surface area contributed by atoms with Gasteiger partial charge in [0, 0.05) is 12.8 Å². The first kappa shape index (κ1) is 43.3. The molecule has 0 aromatic heterocycles. The summed E-state index contributed by atoms with van der Waals surface area (Å²) in [5, 5.41) is 9.52. The number of carbonyl (C=O) groups is 2. The van der Waals surface area contributed by atoms with E-state index in [1.54, 1.807) is 0 Å². The number of hydrogen-bond donors (Lipinski definition) is 1. The minimum atomic E-state index is -0.814. The molecule has 0 aliphatic rings. The van der Waals surface area contributed by atoms with Gasteiger partial charge in [0.15, 0.2) is 6.10 Å². The van der Waals surface area contributed by atoms with Gasteiger partial charge in [-0.05, 0) is 83.5 Å². The minimum Gasteiger partial charge on any atom is -0.462 e. The van der Waals surface area contributed by atoms with Gasteiger partial charge in [0.1, 0.15) is 6.61 Å². The second kappa shape index (κ2) is 36.8. The summed E-state index contributed by atoms with van der Waals surface area (Å²) < 4.78 is 10.5. The number of carbonyl (C=O) groups excluding carboxylic acids is 2. The molecule has 0 aromatic carbocycles. The Morgan fingerprint density at radius 1 is 0.500 bits per heavy atom. The Hall–Kier alpha value is -2.66. The molecule has 1 N–H and O–H groups in total. The normalized spacial score (nSPS) is 13.0. The molecule has 5 heteroatoms. The predicted molar refractivity (Wildman–Crippen MR) is 196 cm³/mol. The highest BCUT2D eigenvalue weighted by Crippen LogP contribution is 2.09. The van der Waals surface area contributed by atoms with Gasteiger partial charge in [-0.15, -0.1) is 0 Å². The van der Waals surface area contributed by atoms with Crippen molar-refractivity contribution in [2.45, 2.75) is 161 Å². The van der Waals surface area contributed by atoms with E-state index < -0.39 is 6.10 Å². The molecular formula is C41H68O5. The third-order valence-electron chi connectivity index (χ3n) is 7.47. The smallest absolute Gasteiger partial charge is 0.306 e. The summed E-state index contributed by atoms with van der Waals surface area (Å²) in [4.78, 5) is 24.2. The predicted octanol–water partition coefficient (Wildman–Crippen LogP) is 11.4. The van der Waals surface area contributed by atoms with E-state index in [2.05, 4.69) is 86.8 Å². The first-order chi connectivity index (χ1) is 22.6. The average molecular weight is 641 g/mol. The Labute approximate surface area is 283 Å². The summed E-state index contributed by atoms with van der Waals surface area (Å²) in [7, 11) is 0. The van der Waals surface area contributed by atoms with E-state index in [9.17, 15) is 14.7 Å². The maximum absolute atomic E-state index is 12.1. The van der Waals surface area contributed by atoms with Crippen molar-refractivity contribution in [1.29, 1.82) is 0 Å². The van der Waals surface area contributed by atoms with Crippen molar-refractivity contribution in [3.63, 3.8) is 0 Å². The summed E-state index contributed by atoms with van der Waals surface area (Å²) >= 11 is 0. The molecule has 0 bridgehead atoms. The van der Waals surface area contributed by atoms with Crippen molar-refractivity contribution in [2.75, 3.05) is 13.2 Å². The lowest BCUT2D eigenvalue weighted by molar-refractivity contribution is -0.161. The van der Waals surface area contributed by atoms with E-state index in [1.807, 2.05) is 0 Å². The van der Waals surface area contributed by atoms with Crippen molar-refractivity contribution in [2.24, 2.45) is 0 Å². The van der Waals surface area contributed by atoms with Crippen molar-refractivity contribution in [1.82, 2.24) is 0 Å². The lowest BCUT2D eigenvalue weighted by Crippen LogP contribution is -2.28. The fourth-order valence-corrected chi connectivity index (χ4v) is 4.63. The topological polar surface area (TPSA) is 72.8 Å². The molecule has 262 valence electrons. The van der Waals surface area contributed by atoms with Crippen LogP contribution < -0.4 is 0 Å². The van der Waals surface area contributed by atoms with Crippen LogP contribution >= 0.6 is 0 Å². The van der Waals surface area contributed by atoms with Gasteiger partial charge in [0.25, 0.3) is 0 Å². The Kier molecular flexibility index (Phi) is 34.7. The van der Waals surface area contributed by atoms with Crippen LogP contribution in [0.15, 0.2) is 72.9 Å². The highest BCUT2D eigenvalue weighted by Gasteiger charge is 2.15. The van der Waals surface area contributed by atoms with Crippen LogP contribution in [0.5, 0.6) is 0 Å². The third-order valence-corrected chi connectivity index (χ3v) is 7.47. The summed E-state index contributed by atoms with van der Waals surface area (Å²) in [6, 6.07) is 0.